The van der Waals surface area contributed by atoms with Crippen LogP contribution in [0.1, 0.15) is 5.56 Å². The van der Waals surface area contributed by atoms with Crippen LogP contribution in [0.15, 0.2) is 48.0 Å². The van der Waals surface area contributed by atoms with Crippen molar-refractivity contribution in [1.82, 2.24) is 5.43 Å². The van der Waals surface area contributed by atoms with E-state index in [0.29, 0.717) is 28.5 Å². The van der Waals surface area contributed by atoms with Crippen LogP contribution >= 0.6 is 0 Å². The van der Waals surface area contributed by atoms with Gasteiger partial charge in [-0.2, -0.15) is 0 Å². The molecule has 2 amide bonds. The molecule has 1 fully saturated rings. The lowest BCUT2D eigenvalue weighted by atomic mass is 10.1. The van der Waals surface area contributed by atoms with Crippen molar-refractivity contribution < 1.29 is 23.8 Å². The van der Waals surface area contributed by atoms with Crippen molar-refractivity contribution in [3.63, 3.8) is 0 Å². The Morgan fingerprint density at radius 3 is 2.72 bits per heavy atom. The summed E-state index contributed by atoms with van der Waals surface area (Å²) in [5.74, 6) is 0.612. The highest BCUT2D eigenvalue weighted by Gasteiger charge is 2.34. The minimum atomic E-state index is -0.467. The smallest absolute Gasteiger partial charge is 0.282 e. The van der Waals surface area contributed by atoms with E-state index in [2.05, 4.69) is 5.43 Å². The molecule has 0 spiro atoms. The third-order valence-corrected chi connectivity index (χ3v) is 3.90. The van der Waals surface area contributed by atoms with Crippen molar-refractivity contribution in [2.45, 2.75) is 0 Å². The fraction of sp³-hybridized carbons (Fsp3) is 0.111. The van der Waals surface area contributed by atoms with Crippen LogP contribution in [0.3, 0.4) is 0 Å². The van der Waals surface area contributed by atoms with Gasteiger partial charge in [0.05, 0.1) is 12.8 Å². The Balaban J connectivity index is 1.70. The Kier molecular flexibility index (Phi) is 3.53. The van der Waals surface area contributed by atoms with Crippen LogP contribution in [-0.2, 0) is 9.59 Å². The van der Waals surface area contributed by atoms with Crippen molar-refractivity contribution in [2.75, 3.05) is 18.9 Å². The van der Waals surface area contributed by atoms with Gasteiger partial charge in [-0.15, -0.1) is 0 Å². The molecular formula is C18H14N2O5. The Morgan fingerprint density at radius 1 is 1.16 bits per heavy atom. The van der Waals surface area contributed by atoms with Gasteiger partial charge in [0.15, 0.2) is 11.5 Å². The molecule has 0 aromatic heterocycles. The van der Waals surface area contributed by atoms with Gasteiger partial charge < -0.3 is 14.2 Å². The number of ether oxygens (including phenoxy) is 3. The van der Waals surface area contributed by atoms with Crippen molar-refractivity contribution in [2.24, 2.45) is 0 Å². The topological polar surface area (TPSA) is 77.1 Å². The summed E-state index contributed by atoms with van der Waals surface area (Å²) in [5.41, 5.74) is 3.79. The van der Waals surface area contributed by atoms with Gasteiger partial charge in [0.1, 0.15) is 5.57 Å². The van der Waals surface area contributed by atoms with Gasteiger partial charge in [-0.05, 0) is 35.9 Å². The number of methoxy groups -OCH3 is 1. The van der Waals surface area contributed by atoms with E-state index in [4.69, 9.17) is 14.2 Å². The number of para-hydroxylation sites is 1. The zero-order valence-electron chi connectivity index (χ0n) is 13.3. The third kappa shape index (κ3) is 2.55. The lowest BCUT2D eigenvalue weighted by molar-refractivity contribution is -0.117. The highest BCUT2D eigenvalue weighted by molar-refractivity contribution is 6.31. The van der Waals surface area contributed by atoms with Crippen LogP contribution in [0.4, 0.5) is 5.69 Å². The molecule has 2 aromatic rings. The molecule has 1 saturated heterocycles. The summed E-state index contributed by atoms with van der Waals surface area (Å²) in [6, 6.07) is 12.3. The number of hydrogen-bond donors (Lipinski definition) is 1. The third-order valence-electron chi connectivity index (χ3n) is 3.90. The molecule has 0 radical (unpaired) electrons. The zero-order chi connectivity index (χ0) is 17.4. The van der Waals surface area contributed by atoms with Crippen molar-refractivity contribution >= 4 is 23.6 Å². The maximum atomic E-state index is 12.6. The number of carbonyl (C=O) groups is 2. The number of fused-ring (bicyclic) bond motifs is 1. The summed E-state index contributed by atoms with van der Waals surface area (Å²) in [5, 5.41) is 1.22. The summed E-state index contributed by atoms with van der Waals surface area (Å²) in [4.78, 5) is 24.8. The van der Waals surface area contributed by atoms with Gasteiger partial charge in [0, 0.05) is 0 Å². The Labute approximate surface area is 143 Å². The molecule has 0 atom stereocenters. The van der Waals surface area contributed by atoms with Crippen LogP contribution < -0.4 is 24.6 Å². The second-order valence-corrected chi connectivity index (χ2v) is 5.43. The largest absolute Gasteiger partial charge is 0.493 e. The molecule has 0 saturated carbocycles. The van der Waals surface area contributed by atoms with Gasteiger partial charge in [-0.25, -0.2) is 5.01 Å². The average Bonchev–Trinajstić information content (AvgIpc) is 3.21. The van der Waals surface area contributed by atoms with E-state index in [1.165, 1.54) is 18.2 Å². The molecule has 7 nitrogen and oxygen atoms in total. The molecule has 0 bridgehead atoms. The average molecular weight is 338 g/mol. The van der Waals surface area contributed by atoms with Crippen LogP contribution in [0.5, 0.6) is 17.2 Å². The maximum absolute atomic E-state index is 12.6. The zero-order valence-corrected chi connectivity index (χ0v) is 13.3. The van der Waals surface area contributed by atoms with E-state index in [9.17, 15) is 9.59 Å². The summed E-state index contributed by atoms with van der Waals surface area (Å²) in [6.07, 6.45) is 1.51. The summed E-state index contributed by atoms with van der Waals surface area (Å²) in [7, 11) is 1.51. The molecule has 1 N–H and O–H groups in total. The molecule has 4 rings (SSSR count). The maximum Gasteiger partial charge on any atom is 0.282 e. The van der Waals surface area contributed by atoms with Crippen LogP contribution in [0.2, 0.25) is 0 Å². The van der Waals surface area contributed by atoms with Gasteiger partial charge in [-0.3, -0.25) is 15.0 Å². The first kappa shape index (κ1) is 15.1. The van der Waals surface area contributed by atoms with Gasteiger partial charge in [0.2, 0.25) is 12.5 Å². The predicted octanol–water partition coefficient (Wildman–Crippen LogP) is 1.89. The highest BCUT2D eigenvalue weighted by atomic mass is 16.7. The van der Waals surface area contributed by atoms with E-state index in [0.717, 1.165) is 0 Å². The molecular weight excluding hydrogens is 324 g/mol. The molecule has 7 heteroatoms. The molecule has 2 aliphatic rings. The van der Waals surface area contributed by atoms with E-state index < -0.39 is 11.8 Å². The second-order valence-electron chi connectivity index (χ2n) is 5.43. The quantitative estimate of drug-likeness (QED) is 0.683. The van der Waals surface area contributed by atoms with Crippen LogP contribution in [-0.4, -0.2) is 25.7 Å². The van der Waals surface area contributed by atoms with E-state index in [-0.39, 0.29) is 12.4 Å². The minimum absolute atomic E-state index is 0.0322. The number of anilines is 1. The summed E-state index contributed by atoms with van der Waals surface area (Å²) >= 11 is 0. The monoisotopic (exact) mass is 338 g/mol. The Morgan fingerprint density at radius 2 is 1.96 bits per heavy atom. The van der Waals surface area contributed by atoms with Gasteiger partial charge in [0.25, 0.3) is 11.8 Å². The molecule has 25 heavy (non-hydrogen) atoms. The molecule has 0 aliphatic carbocycles. The molecule has 2 aliphatic heterocycles. The Bertz CT molecular complexity index is 892. The number of rotatable bonds is 3. The SMILES string of the molecule is COc1cc(C=C2C(=O)NN(c3ccccc3)C2=O)cc2c1OCO2. The van der Waals surface area contributed by atoms with Crippen LogP contribution in [0, 0.1) is 0 Å². The van der Waals surface area contributed by atoms with E-state index >= 15 is 0 Å². The summed E-state index contributed by atoms with van der Waals surface area (Å²) in [6.45, 7) is 0.104. The van der Waals surface area contributed by atoms with Gasteiger partial charge in [-0.1, -0.05) is 18.2 Å². The number of amides is 2. The van der Waals surface area contributed by atoms with Crippen molar-refractivity contribution in [3.8, 4) is 17.2 Å². The van der Waals surface area contributed by atoms with Crippen molar-refractivity contribution in [3.05, 3.63) is 53.6 Å². The molecule has 126 valence electrons. The lowest BCUT2D eigenvalue weighted by Crippen LogP contribution is -2.35. The molecule has 2 heterocycles. The van der Waals surface area contributed by atoms with E-state index in [1.807, 2.05) is 6.07 Å². The van der Waals surface area contributed by atoms with Crippen molar-refractivity contribution in [1.29, 1.82) is 0 Å². The number of carbonyl (C=O) groups excluding carboxylic acids is 2. The number of hydrazine groups is 1. The van der Waals surface area contributed by atoms with Crippen LogP contribution in [0.25, 0.3) is 6.08 Å². The standard InChI is InChI=1S/C18H14N2O5/c1-23-14-8-11(9-15-16(14)25-10-24-15)7-13-17(21)19-20(18(13)22)12-5-3-2-4-6-12/h2-9H,10H2,1H3,(H,19,21). The van der Waals surface area contributed by atoms with E-state index in [1.54, 1.807) is 36.4 Å². The highest BCUT2D eigenvalue weighted by Crippen LogP contribution is 2.42. The Hall–Kier alpha value is -3.48. The fourth-order valence-electron chi connectivity index (χ4n) is 2.72. The van der Waals surface area contributed by atoms with Gasteiger partial charge >= 0.3 is 0 Å². The molecule has 2 aromatic carbocycles. The summed E-state index contributed by atoms with van der Waals surface area (Å²) < 4.78 is 16.0. The fourth-order valence-corrected chi connectivity index (χ4v) is 2.72. The first-order valence-electron chi connectivity index (χ1n) is 7.57. The lowest BCUT2D eigenvalue weighted by Gasteiger charge is -2.13. The second kappa shape index (κ2) is 5.86. The number of hydrogen-bond acceptors (Lipinski definition) is 5. The number of benzene rings is 2. The first-order chi connectivity index (χ1) is 12.2. The number of nitrogens with one attached hydrogen (secondary N) is 1. The normalized spacial score (nSPS) is 17.2. The number of nitrogens with zero attached hydrogens (tertiary/aromatic N) is 1. The minimum Gasteiger partial charge on any atom is -0.493 e. The molecule has 0 unspecified atom stereocenters. The predicted molar refractivity (Wildman–Crippen MR) is 89.2 cm³/mol. The first-order valence-corrected chi connectivity index (χ1v) is 7.57.